The number of nitrogens with zero attached hydrogens (tertiary/aromatic N) is 2. The summed E-state index contributed by atoms with van der Waals surface area (Å²) in [4.78, 5) is 29.6. The molecule has 0 radical (unpaired) electrons. The number of imidazole rings is 1. The molecule has 0 saturated carbocycles. The molecule has 3 rings (SSSR count). The summed E-state index contributed by atoms with van der Waals surface area (Å²) in [6.45, 7) is 0.159. The lowest BCUT2D eigenvalue weighted by molar-refractivity contribution is -0.384. The third-order valence-corrected chi connectivity index (χ3v) is 3.59. The summed E-state index contributed by atoms with van der Waals surface area (Å²) >= 11 is 5.96. The molecule has 3 aromatic rings. The number of carbonyl (C=O) groups is 1. The zero-order chi connectivity index (χ0) is 16.4. The minimum Gasteiger partial charge on any atom is -0.345 e. The minimum atomic E-state index is -0.473. The van der Waals surface area contributed by atoms with E-state index in [0.717, 1.165) is 0 Å². The maximum atomic E-state index is 12.1. The van der Waals surface area contributed by atoms with E-state index in [2.05, 4.69) is 15.3 Å². The molecule has 1 amide bonds. The molecule has 116 valence electrons. The van der Waals surface area contributed by atoms with Crippen molar-refractivity contribution in [2.24, 2.45) is 0 Å². The Kier molecular flexibility index (Phi) is 3.94. The van der Waals surface area contributed by atoms with E-state index in [-0.39, 0.29) is 18.1 Å². The third kappa shape index (κ3) is 3.14. The van der Waals surface area contributed by atoms with Crippen LogP contribution >= 0.6 is 11.6 Å². The lowest BCUT2D eigenvalue weighted by Gasteiger charge is -2.04. The standard InChI is InChI=1S/C15H11ClN4O3/c16-11-4-2-1-3-10(11)15(21)17-8-14-18-12-6-5-9(20(22)23)7-13(12)19-14/h1-7H,8H2,(H,17,21)(H,18,19). The van der Waals surface area contributed by atoms with E-state index in [1.54, 1.807) is 30.3 Å². The Labute approximate surface area is 135 Å². The molecule has 1 aromatic heterocycles. The van der Waals surface area contributed by atoms with Crippen molar-refractivity contribution in [3.8, 4) is 0 Å². The van der Waals surface area contributed by atoms with Gasteiger partial charge in [-0.15, -0.1) is 0 Å². The first kappa shape index (κ1) is 15.0. The zero-order valence-electron chi connectivity index (χ0n) is 11.7. The number of nitro groups is 1. The Morgan fingerprint density at radius 3 is 2.83 bits per heavy atom. The molecular weight excluding hydrogens is 320 g/mol. The van der Waals surface area contributed by atoms with Crippen molar-refractivity contribution in [3.63, 3.8) is 0 Å². The molecular formula is C15H11ClN4O3. The SMILES string of the molecule is O=C(NCc1nc2ccc([N+](=O)[O-])cc2[nH]1)c1ccccc1Cl. The van der Waals surface area contributed by atoms with Crippen molar-refractivity contribution in [1.82, 2.24) is 15.3 Å². The molecule has 2 N–H and O–H groups in total. The lowest BCUT2D eigenvalue weighted by Crippen LogP contribution is -2.23. The number of hydrogen-bond donors (Lipinski definition) is 2. The molecule has 2 aromatic carbocycles. The van der Waals surface area contributed by atoms with Crippen molar-refractivity contribution in [3.05, 3.63) is 69.0 Å². The summed E-state index contributed by atoms with van der Waals surface area (Å²) in [5, 5.41) is 13.8. The van der Waals surface area contributed by atoms with Crippen LogP contribution in [0.5, 0.6) is 0 Å². The number of aromatic amines is 1. The molecule has 1 heterocycles. The van der Waals surface area contributed by atoms with Gasteiger partial charge in [-0.3, -0.25) is 14.9 Å². The van der Waals surface area contributed by atoms with Crippen LogP contribution in [0.2, 0.25) is 5.02 Å². The fourth-order valence-corrected chi connectivity index (χ4v) is 2.37. The monoisotopic (exact) mass is 330 g/mol. The van der Waals surface area contributed by atoms with Gasteiger partial charge in [0.15, 0.2) is 0 Å². The number of nitro benzene ring substituents is 1. The van der Waals surface area contributed by atoms with Crippen molar-refractivity contribution >= 4 is 34.2 Å². The smallest absolute Gasteiger partial charge is 0.271 e. The summed E-state index contributed by atoms with van der Waals surface area (Å²) < 4.78 is 0. The average Bonchev–Trinajstić information content (AvgIpc) is 2.95. The number of amides is 1. The first-order valence-corrected chi connectivity index (χ1v) is 7.08. The van der Waals surface area contributed by atoms with E-state index >= 15 is 0 Å². The number of carbonyl (C=O) groups excluding carboxylic acids is 1. The van der Waals surface area contributed by atoms with Crippen LogP contribution in [0.1, 0.15) is 16.2 Å². The second kappa shape index (κ2) is 6.05. The second-order valence-electron chi connectivity index (χ2n) is 4.80. The number of fused-ring (bicyclic) bond motifs is 1. The van der Waals surface area contributed by atoms with E-state index in [1.165, 1.54) is 12.1 Å². The Hall–Kier alpha value is -2.93. The lowest BCUT2D eigenvalue weighted by atomic mass is 10.2. The minimum absolute atomic E-state index is 0.0206. The van der Waals surface area contributed by atoms with E-state index in [0.29, 0.717) is 27.4 Å². The van der Waals surface area contributed by atoms with Crippen LogP contribution in [0.25, 0.3) is 11.0 Å². The highest BCUT2D eigenvalue weighted by Gasteiger charge is 2.12. The van der Waals surface area contributed by atoms with Gasteiger partial charge in [0.25, 0.3) is 11.6 Å². The van der Waals surface area contributed by atoms with Gasteiger partial charge in [0.2, 0.25) is 0 Å². The Morgan fingerprint density at radius 2 is 2.09 bits per heavy atom. The molecule has 0 spiro atoms. The van der Waals surface area contributed by atoms with E-state index in [1.807, 2.05) is 0 Å². The predicted molar refractivity (Wildman–Crippen MR) is 85.4 cm³/mol. The highest BCUT2D eigenvalue weighted by Crippen LogP contribution is 2.19. The van der Waals surface area contributed by atoms with Gasteiger partial charge in [0.1, 0.15) is 5.82 Å². The highest BCUT2D eigenvalue weighted by molar-refractivity contribution is 6.33. The van der Waals surface area contributed by atoms with Crippen LogP contribution in [-0.2, 0) is 6.54 Å². The van der Waals surface area contributed by atoms with Crippen molar-refractivity contribution in [1.29, 1.82) is 0 Å². The van der Waals surface area contributed by atoms with Gasteiger partial charge in [0.05, 0.1) is 33.1 Å². The summed E-state index contributed by atoms with van der Waals surface area (Å²) in [6.07, 6.45) is 0. The molecule has 7 nitrogen and oxygen atoms in total. The summed E-state index contributed by atoms with van der Waals surface area (Å²) in [6, 6.07) is 11.1. The molecule has 0 aliphatic carbocycles. The van der Waals surface area contributed by atoms with Crippen molar-refractivity contribution < 1.29 is 9.72 Å². The molecule has 0 saturated heterocycles. The van der Waals surface area contributed by atoms with E-state index in [9.17, 15) is 14.9 Å². The molecule has 0 atom stereocenters. The number of rotatable bonds is 4. The van der Waals surface area contributed by atoms with Crippen molar-refractivity contribution in [2.45, 2.75) is 6.54 Å². The first-order valence-electron chi connectivity index (χ1n) is 6.70. The predicted octanol–water partition coefficient (Wildman–Crippen LogP) is 3.05. The molecule has 8 heteroatoms. The molecule has 0 unspecified atom stereocenters. The number of aromatic nitrogens is 2. The van der Waals surface area contributed by atoms with Gasteiger partial charge >= 0.3 is 0 Å². The third-order valence-electron chi connectivity index (χ3n) is 3.26. The van der Waals surface area contributed by atoms with Crippen LogP contribution in [0.3, 0.4) is 0 Å². The molecule has 23 heavy (non-hydrogen) atoms. The first-order chi connectivity index (χ1) is 11.0. The van der Waals surface area contributed by atoms with E-state index in [4.69, 9.17) is 11.6 Å². The normalized spacial score (nSPS) is 10.7. The number of non-ortho nitro benzene ring substituents is 1. The van der Waals surface area contributed by atoms with Crippen LogP contribution in [0.4, 0.5) is 5.69 Å². The van der Waals surface area contributed by atoms with Gasteiger partial charge < -0.3 is 10.3 Å². The average molecular weight is 331 g/mol. The van der Waals surface area contributed by atoms with Crippen molar-refractivity contribution in [2.75, 3.05) is 0 Å². The van der Waals surface area contributed by atoms with Crippen LogP contribution < -0.4 is 5.32 Å². The van der Waals surface area contributed by atoms with Gasteiger partial charge in [-0.1, -0.05) is 23.7 Å². The summed E-state index contributed by atoms with van der Waals surface area (Å²) in [5.41, 5.74) is 1.49. The number of hydrogen-bond acceptors (Lipinski definition) is 4. The summed E-state index contributed by atoms with van der Waals surface area (Å²) in [5.74, 6) is 0.183. The quantitative estimate of drug-likeness (QED) is 0.567. The summed E-state index contributed by atoms with van der Waals surface area (Å²) in [7, 11) is 0. The number of nitrogens with one attached hydrogen (secondary N) is 2. The Balaban J connectivity index is 1.76. The topological polar surface area (TPSA) is 101 Å². The van der Waals surface area contributed by atoms with Crippen LogP contribution in [-0.4, -0.2) is 20.8 Å². The van der Waals surface area contributed by atoms with Gasteiger partial charge in [-0.2, -0.15) is 0 Å². The largest absolute Gasteiger partial charge is 0.345 e. The second-order valence-corrected chi connectivity index (χ2v) is 5.21. The van der Waals surface area contributed by atoms with Gasteiger partial charge in [-0.25, -0.2) is 4.98 Å². The van der Waals surface area contributed by atoms with Crippen LogP contribution in [0, 0.1) is 10.1 Å². The number of H-pyrrole nitrogens is 1. The number of benzene rings is 2. The Morgan fingerprint density at radius 1 is 1.30 bits per heavy atom. The van der Waals surface area contributed by atoms with Gasteiger partial charge in [0, 0.05) is 12.1 Å². The van der Waals surface area contributed by atoms with Crippen LogP contribution in [0.15, 0.2) is 42.5 Å². The Bertz CT molecular complexity index is 907. The highest BCUT2D eigenvalue weighted by atomic mass is 35.5. The van der Waals surface area contributed by atoms with Gasteiger partial charge in [-0.05, 0) is 18.2 Å². The zero-order valence-corrected chi connectivity index (χ0v) is 12.5. The molecule has 0 fully saturated rings. The maximum Gasteiger partial charge on any atom is 0.271 e. The fourth-order valence-electron chi connectivity index (χ4n) is 2.15. The maximum absolute atomic E-state index is 12.1. The van der Waals surface area contributed by atoms with E-state index < -0.39 is 4.92 Å². The molecule has 0 aliphatic rings. The molecule has 0 aliphatic heterocycles. The fraction of sp³-hybridized carbons (Fsp3) is 0.0667. The number of halogens is 1. The molecule has 0 bridgehead atoms.